The average Bonchev–Trinajstić information content (AvgIpc) is 2.31. The van der Waals surface area contributed by atoms with E-state index in [0.29, 0.717) is 18.0 Å². The first-order valence-electron chi connectivity index (χ1n) is 4.07. The third-order valence-corrected chi connectivity index (χ3v) is 1.97. The van der Waals surface area contributed by atoms with Crippen LogP contribution < -0.4 is 0 Å². The van der Waals surface area contributed by atoms with Crippen LogP contribution in [0.4, 0.5) is 8.78 Å². The van der Waals surface area contributed by atoms with Crippen molar-refractivity contribution in [3.63, 3.8) is 0 Å². The highest BCUT2D eigenvalue weighted by Crippen LogP contribution is 2.27. The van der Waals surface area contributed by atoms with Gasteiger partial charge in [0.15, 0.2) is 0 Å². The second-order valence-corrected chi connectivity index (χ2v) is 3.43. The molecular formula is C8H10F2N2O. The zero-order valence-corrected chi connectivity index (χ0v) is 7.26. The van der Waals surface area contributed by atoms with Crippen molar-refractivity contribution >= 4 is 0 Å². The summed E-state index contributed by atoms with van der Waals surface area (Å²) in [7, 11) is 0. The maximum absolute atomic E-state index is 12.4. The van der Waals surface area contributed by atoms with Gasteiger partial charge in [0, 0.05) is 12.6 Å². The van der Waals surface area contributed by atoms with E-state index < -0.39 is 5.92 Å². The Morgan fingerprint density at radius 2 is 2.31 bits per heavy atom. The normalized spacial score (nSPS) is 21.5. The minimum absolute atomic E-state index is 0.168. The second-order valence-electron chi connectivity index (χ2n) is 3.43. The maximum Gasteiger partial charge on any atom is 0.272 e. The molecule has 0 saturated carbocycles. The number of nitrogens with zero attached hydrogens (tertiary/aromatic N) is 2. The number of hydrogen-bond acceptors (Lipinski definition) is 3. The summed E-state index contributed by atoms with van der Waals surface area (Å²) in [5, 5.41) is 3.72. The van der Waals surface area contributed by atoms with E-state index in [0.717, 1.165) is 0 Å². The van der Waals surface area contributed by atoms with Gasteiger partial charge in [-0.05, 0) is 6.92 Å². The lowest BCUT2D eigenvalue weighted by molar-refractivity contribution is -0.134. The van der Waals surface area contributed by atoms with Gasteiger partial charge in [-0.2, -0.15) is 0 Å². The fraction of sp³-hybridized carbons (Fsp3) is 0.625. The SMILES string of the molecule is Cc1cc(CN2CC(F)(F)C2)no1. The number of likely N-dealkylation sites (tertiary alicyclic amines) is 1. The molecule has 0 bridgehead atoms. The molecule has 1 saturated heterocycles. The standard InChI is InChI=1S/C8H10F2N2O/c1-6-2-7(11-13-6)3-12-4-8(9,10)5-12/h2H,3-5H2,1H3. The summed E-state index contributed by atoms with van der Waals surface area (Å²) in [6.45, 7) is 1.89. The Morgan fingerprint density at radius 3 is 2.77 bits per heavy atom. The molecule has 13 heavy (non-hydrogen) atoms. The van der Waals surface area contributed by atoms with E-state index >= 15 is 0 Å². The molecule has 1 aromatic rings. The Bertz CT molecular complexity index is 303. The third-order valence-electron chi connectivity index (χ3n) is 1.97. The molecule has 0 N–H and O–H groups in total. The quantitative estimate of drug-likeness (QED) is 0.703. The highest BCUT2D eigenvalue weighted by molar-refractivity contribution is 5.04. The van der Waals surface area contributed by atoms with E-state index in [4.69, 9.17) is 4.52 Å². The van der Waals surface area contributed by atoms with Crippen LogP contribution in [-0.2, 0) is 6.54 Å². The van der Waals surface area contributed by atoms with Crippen molar-refractivity contribution in [3.8, 4) is 0 Å². The molecule has 0 amide bonds. The summed E-state index contributed by atoms with van der Waals surface area (Å²) in [6, 6.07) is 1.76. The van der Waals surface area contributed by atoms with Crippen molar-refractivity contribution in [3.05, 3.63) is 17.5 Å². The topological polar surface area (TPSA) is 29.3 Å². The first kappa shape index (κ1) is 8.62. The summed E-state index contributed by atoms with van der Waals surface area (Å²) in [4.78, 5) is 1.64. The molecule has 0 aromatic carbocycles. The highest BCUT2D eigenvalue weighted by atomic mass is 19.3. The van der Waals surface area contributed by atoms with E-state index in [1.54, 1.807) is 17.9 Å². The van der Waals surface area contributed by atoms with Crippen LogP contribution in [0.25, 0.3) is 0 Å². The smallest absolute Gasteiger partial charge is 0.272 e. The number of alkyl halides is 2. The van der Waals surface area contributed by atoms with Crippen LogP contribution >= 0.6 is 0 Å². The molecule has 3 nitrogen and oxygen atoms in total. The summed E-state index contributed by atoms with van der Waals surface area (Å²) < 4.78 is 29.6. The first-order chi connectivity index (χ1) is 6.05. The predicted octanol–water partition coefficient (Wildman–Crippen LogP) is 1.43. The predicted molar refractivity (Wildman–Crippen MR) is 41.5 cm³/mol. The average molecular weight is 188 g/mol. The van der Waals surface area contributed by atoms with Crippen molar-refractivity contribution in [2.45, 2.75) is 19.4 Å². The van der Waals surface area contributed by atoms with E-state index in [1.165, 1.54) is 0 Å². The number of halogens is 2. The van der Waals surface area contributed by atoms with Crippen LogP contribution in [0.15, 0.2) is 10.6 Å². The van der Waals surface area contributed by atoms with Crippen molar-refractivity contribution in [2.24, 2.45) is 0 Å². The molecule has 0 atom stereocenters. The van der Waals surface area contributed by atoms with Crippen molar-refractivity contribution < 1.29 is 13.3 Å². The molecule has 2 rings (SSSR count). The highest BCUT2D eigenvalue weighted by Gasteiger charge is 2.43. The van der Waals surface area contributed by atoms with Crippen molar-refractivity contribution in [1.82, 2.24) is 10.1 Å². The van der Waals surface area contributed by atoms with Crippen LogP contribution in [0.3, 0.4) is 0 Å². The fourth-order valence-electron chi connectivity index (χ4n) is 1.44. The number of hydrogen-bond donors (Lipinski definition) is 0. The zero-order chi connectivity index (χ0) is 9.47. The minimum Gasteiger partial charge on any atom is -0.361 e. The Morgan fingerprint density at radius 1 is 1.62 bits per heavy atom. The van der Waals surface area contributed by atoms with Crippen molar-refractivity contribution in [2.75, 3.05) is 13.1 Å². The van der Waals surface area contributed by atoms with Gasteiger partial charge < -0.3 is 4.52 Å². The van der Waals surface area contributed by atoms with Crippen LogP contribution in [0.1, 0.15) is 11.5 Å². The Kier molecular flexibility index (Phi) is 1.83. The Hall–Kier alpha value is -0.970. The number of aryl methyl sites for hydroxylation is 1. The van der Waals surface area contributed by atoms with Crippen LogP contribution in [-0.4, -0.2) is 29.1 Å². The lowest BCUT2D eigenvalue weighted by Gasteiger charge is -2.37. The summed E-state index contributed by atoms with van der Waals surface area (Å²) in [6.07, 6.45) is 0. The van der Waals surface area contributed by atoms with E-state index in [-0.39, 0.29) is 13.1 Å². The minimum atomic E-state index is -2.50. The summed E-state index contributed by atoms with van der Waals surface area (Å²) >= 11 is 0. The Balaban J connectivity index is 1.87. The lowest BCUT2D eigenvalue weighted by atomic mass is 10.1. The second kappa shape index (κ2) is 2.77. The van der Waals surface area contributed by atoms with E-state index in [2.05, 4.69) is 5.16 Å². The van der Waals surface area contributed by atoms with Crippen LogP contribution in [0, 0.1) is 6.92 Å². The molecular weight excluding hydrogens is 178 g/mol. The molecule has 2 heterocycles. The van der Waals surface area contributed by atoms with Crippen molar-refractivity contribution in [1.29, 1.82) is 0 Å². The van der Waals surface area contributed by atoms with E-state index in [9.17, 15) is 8.78 Å². The lowest BCUT2D eigenvalue weighted by Crippen LogP contribution is -2.55. The fourth-order valence-corrected chi connectivity index (χ4v) is 1.44. The van der Waals surface area contributed by atoms with Gasteiger partial charge in [0.25, 0.3) is 5.92 Å². The molecule has 0 spiro atoms. The third kappa shape index (κ3) is 1.85. The number of aromatic nitrogens is 1. The molecule has 72 valence electrons. The monoisotopic (exact) mass is 188 g/mol. The Labute approximate surface area is 74.3 Å². The molecule has 0 aliphatic carbocycles. The van der Waals surface area contributed by atoms with Gasteiger partial charge in [0.1, 0.15) is 5.76 Å². The summed E-state index contributed by atoms with van der Waals surface area (Å²) in [5.74, 6) is -1.79. The van der Waals surface area contributed by atoms with Gasteiger partial charge >= 0.3 is 0 Å². The van der Waals surface area contributed by atoms with Gasteiger partial charge in [-0.1, -0.05) is 5.16 Å². The van der Waals surface area contributed by atoms with E-state index in [1.807, 2.05) is 0 Å². The molecule has 1 aromatic heterocycles. The first-order valence-corrected chi connectivity index (χ1v) is 4.07. The van der Waals surface area contributed by atoms with Gasteiger partial charge in [-0.15, -0.1) is 0 Å². The zero-order valence-electron chi connectivity index (χ0n) is 7.26. The number of rotatable bonds is 2. The van der Waals surface area contributed by atoms with Gasteiger partial charge in [0.05, 0.1) is 18.8 Å². The van der Waals surface area contributed by atoms with Gasteiger partial charge in [-0.3, -0.25) is 4.90 Å². The van der Waals surface area contributed by atoms with Gasteiger partial charge in [0.2, 0.25) is 0 Å². The molecule has 0 radical (unpaired) electrons. The van der Waals surface area contributed by atoms with Crippen LogP contribution in [0.5, 0.6) is 0 Å². The van der Waals surface area contributed by atoms with Crippen LogP contribution in [0.2, 0.25) is 0 Å². The molecule has 1 aliphatic rings. The molecule has 1 aliphatic heterocycles. The molecule has 1 fully saturated rings. The maximum atomic E-state index is 12.4. The molecule has 5 heteroatoms. The van der Waals surface area contributed by atoms with Gasteiger partial charge in [-0.25, -0.2) is 8.78 Å². The molecule has 0 unspecified atom stereocenters. The largest absolute Gasteiger partial charge is 0.361 e. The summed E-state index contributed by atoms with van der Waals surface area (Å²) in [5.41, 5.74) is 0.716.